The molecule has 0 unspecified atom stereocenters. The van der Waals surface area contributed by atoms with Crippen molar-refractivity contribution >= 4 is 5.91 Å². The number of hydrogen-bond acceptors (Lipinski definition) is 4. The number of oxazole rings is 1. The number of aryl methyl sites for hydroxylation is 1. The van der Waals surface area contributed by atoms with E-state index in [1.807, 2.05) is 84.6 Å². The van der Waals surface area contributed by atoms with Gasteiger partial charge < -0.3 is 14.1 Å². The lowest BCUT2D eigenvalue weighted by atomic mass is 9.98. The lowest BCUT2D eigenvalue weighted by Crippen LogP contribution is -2.30. The number of hydrogen-bond donors (Lipinski definition) is 0. The maximum atomic E-state index is 12.7. The summed E-state index contributed by atoms with van der Waals surface area (Å²) in [5.74, 6) is 3.05. The minimum Gasteiger partial charge on any atom is -0.493 e. The van der Waals surface area contributed by atoms with Gasteiger partial charge >= 0.3 is 0 Å². The molecule has 5 heteroatoms. The fourth-order valence-electron chi connectivity index (χ4n) is 4.83. The highest BCUT2D eigenvalue weighted by Crippen LogP contribution is 2.25. The minimum atomic E-state index is 0.222. The van der Waals surface area contributed by atoms with Crippen molar-refractivity contribution in [2.75, 3.05) is 19.7 Å². The van der Waals surface area contributed by atoms with Crippen molar-refractivity contribution in [3.8, 4) is 17.2 Å². The van der Waals surface area contributed by atoms with Crippen LogP contribution in [0.4, 0.5) is 0 Å². The van der Waals surface area contributed by atoms with Gasteiger partial charge in [-0.1, -0.05) is 60.7 Å². The molecule has 1 saturated heterocycles. The fraction of sp³-hybridized carbons (Fsp3) is 0.290. The molecule has 0 saturated carbocycles. The van der Waals surface area contributed by atoms with Gasteiger partial charge in [0.25, 0.3) is 0 Å². The van der Waals surface area contributed by atoms with Crippen LogP contribution in [0.5, 0.6) is 5.75 Å². The van der Waals surface area contributed by atoms with Crippen LogP contribution < -0.4 is 4.74 Å². The molecule has 1 fully saturated rings. The third-order valence-electron chi connectivity index (χ3n) is 6.78. The Morgan fingerprint density at radius 1 is 1.00 bits per heavy atom. The first-order chi connectivity index (χ1) is 17.6. The number of amides is 1. The van der Waals surface area contributed by atoms with Crippen LogP contribution in [0.2, 0.25) is 0 Å². The van der Waals surface area contributed by atoms with E-state index in [4.69, 9.17) is 9.15 Å². The highest BCUT2D eigenvalue weighted by atomic mass is 16.5. The molecule has 0 aliphatic carbocycles. The van der Waals surface area contributed by atoms with Crippen LogP contribution in [-0.2, 0) is 24.1 Å². The number of ether oxygens (including phenoxy) is 1. The molecular weight excluding hydrogens is 448 g/mol. The Hall–Kier alpha value is -3.86. The number of aromatic nitrogens is 1. The topological polar surface area (TPSA) is 55.6 Å². The molecule has 1 amide bonds. The number of likely N-dealkylation sites (tertiary alicyclic amines) is 1. The molecule has 0 spiro atoms. The molecule has 0 radical (unpaired) electrons. The van der Waals surface area contributed by atoms with E-state index in [1.54, 1.807) is 0 Å². The maximum absolute atomic E-state index is 12.7. The van der Waals surface area contributed by atoms with Gasteiger partial charge in [0, 0.05) is 25.1 Å². The van der Waals surface area contributed by atoms with Gasteiger partial charge in [-0.15, -0.1) is 0 Å². The summed E-state index contributed by atoms with van der Waals surface area (Å²) in [6.07, 6.45) is 3.16. The molecular formula is C31H32N2O3. The molecule has 0 N–H and O–H groups in total. The van der Waals surface area contributed by atoms with Crippen molar-refractivity contribution < 1.29 is 13.9 Å². The summed E-state index contributed by atoms with van der Waals surface area (Å²) < 4.78 is 11.9. The molecule has 2 heterocycles. The quantitative estimate of drug-likeness (QED) is 0.299. The predicted octanol–water partition coefficient (Wildman–Crippen LogP) is 5.91. The zero-order valence-corrected chi connectivity index (χ0v) is 20.7. The zero-order chi connectivity index (χ0) is 24.7. The standard InChI is InChI=1S/C31H32N2O3/c1-23-29(32-31(36-23)27-12-6-3-7-13-27)16-18-35-28-14-8-11-25(20-28)19-26-15-17-33(22-26)30(34)21-24-9-4-2-5-10-24/h2-14,20,26H,15-19,21-22H2,1H3/t26-/m1/s1. The van der Waals surface area contributed by atoms with Gasteiger partial charge in [-0.2, -0.15) is 0 Å². The Morgan fingerprint density at radius 3 is 2.56 bits per heavy atom. The first-order valence-electron chi connectivity index (χ1n) is 12.7. The Balaban J connectivity index is 1.11. The molecule has 1 aromatic heterocycles. The van der Waals surface area contributed by atoms with Gasteiger partial charge in [0.05, 0.1) is 18.7 Å². The van der Waals surface area contributed by atoms with Crippen molar-refractivity contribution in [3.05, 3.63) is 108 Å². The largest absolute Gasteiger partial charge is 0.493 e. The smallest absolute Gasteiger partial charge is 0.226 e. The summed E-state index contributed by atoms with van der Waals surface area (Å²) in [7, 11) is 0. The van der Waals surface area contributed by atoms with Crippen LogP contribution >= 0.6 is 0 Å². The third-order valence-corrected chi connectivity index (χ3v) is 6.78. The lowest BCUT2D eigenvalue weighted by molar-refractivity contribution is -0.129. The van der Waals surface area contributed by atoms with Crippen LogP contribution in [0.1, 0.15) is 29.0 Å². The number of rotatable bonds is 9. The summed E-state index contributed by atoms with van der Waals surface area (Å²) >= 11 is 0. The highest BCUT2D eigenvalue weighted by Gasteiger charge is 2.26. The van der Waals surface area contributed by atoms with Crippen LogP contribution in [-0.4, -0.2) is 35.5 Å². The van der Waals surface area contributed by atoms with Crippen molar-refractivity contribution in [1.29, 1.82) is 0 Å². The third kappa shape index (κ3) is 6.03. The summed E-state index contributed by atoms with van der Waals surface area (Å²) in [6, 6.07) is 28.3. The Morgan fingerprint density at radius 2 is 1.75 bits per heavy atom. The van der Waals surface area contributed by atoms with Crippen molar-refractivity contribution in [1.82, 2.24) is 9.88 Å². The molecule has 5 rings (SSSR count). The number of carbonyl (C=O) groups excluding carboxylic acids is 1. The number of benzene rings is 3. The summed E-state index contributed by atoms with van der Waals surface area (Å²) in [5.41, 5.74) is 4.23. The van der Waals surface area contributed by atoms with E-state index in [-0.39, 0.29) is 5.91 Å². The molecule has 184 valence electrons. The molecule has 36 heavy (non-hydrogen) atoms. The van der Waals surface area contributed by atoms with Gasteiger partial charge in [0.2, 0.25) is 11.8 Å². The summed E-state index contributed by atoms with van der Waals surface area (Å²) in [6.45, 7) is 4.15. The highest BCUT2D eigenvalue weighted by molar-refractivity contribution is 5.79. The fourth-order valence-corrected chi connectivity index (χ4v) is 4.83. The van der Waals surface area contributed by atoms with Gasteiger partial charge in [-0.3, -0.25) is 4.79 Å². The second kappa shape index (κ2) is 11.3. The summed E-state index contributed by atoms with van der Waals surface area (Å²) in [5, 5.41) is 0. The predicted molar refractivity (Wildman–Crippen MR) is 141 cm³/mol. The molecule has 4 aromatic rings. The van der Waals surface area contributed by atoms with Crippen LogP contribution in [0.15, 0.2) is 89.3 Å². The Bertz CT molecular complexity index is 1280. The van der Waals surface area contributed by atoms with Crippen LogP contribution in [0.3, 0.4) is 0 Å². The minimum absolute atomic E-state index is 0.222. The van der Waals surface area contributed by atoms with Gasteiger partial charge in [0.1, 0.15) is 11.5 Å². The van der Waals surface area contributed by atoms with Crippen molar-refractivity contribution in [3.63, 3.8) is 0 Å². The Kier molecular flexibility index (Phi) is 7.46. The number of nitrogens with zero attached hydrogens (tertiary/aromatic N) is 2. The van der Waals surface area contributed by atoms with E-state index >= 15 is 0 Å². The lowest BCUT2D eigenvalue weighted by Gasteiger charge is -2.17. The molecule has 1 atom stereocenters. The summed E-state index contributed by atoms with van der Waals surface area (Å²) in [4.78, 5) is 19.4. The molecule has 0 bridgehead atoms. The monoisotopic (exact) mass is 480 g/mol. The van der Waals surface area contributed by atoms with Crippen LogP contribution in [0, 0.1) is 12.8 Å². The first-order valence-corrected chi connectivity index (χ1v) is 12.7. The van der Waals surface area contributed by atoms with Crippen molar-refractivity contribution in [2.45, 2.75) is 32.6 Å². The van der Waals surface area contributed by atoms with E-state index in [0.29, 0.717) is 31.3 Å². The molecule has 1 aliphatic rings. The second-order valence-electron chi connectivity index (χ2n) is 9.49. The average molecular weight is 481 g/mol. The average Bonchev–Trinajstić information content (AvgIpc) is 3.52. The molecule has 1 aliphatic heterocycles. The van der Waals surface area contributed by atoms with E-state index in [1.165, 1.54) is 5.56 Å². The second-order valence-corrected chi connectivity index (χ2v) is 9.49. The first kappa shape index (κ1) is 23.9. The SMILES string of the molecule is Cc1oc(-c2ccccc2)nc1CCOc1cccc(C[C@H]2CCN(C(=O)Cc3ccccc3)C2)c1. The maximum Gasteiger partial charge on any atom is 0.226 e. The van der Waals surface area contributed by atoms with E-state index in [9.17, 15) is 4.79 Å². The van der Waals surface area contributed by atoms with Gasteiger partial charge in [0.15, 0.2) is 0 Å². The normalized spacial score (nSPS) is 15.2. The van der Waals surface area contributed by atoms with Gasteiger partial charge in [-0.25, -0.2) is 4.98 Å². The zero-order valence-electron chi connectivity index (χ0n) is 20.7. The molecule has 3 aromatic carbocycles. The Labute approximate surface area is 212 Å². The van der Waals surface area contributed by atoms with E-state index in [0.717, 1.165) is 54.3 Å². The molecule has 5 nitrogen and oxygen atoms in total. The van der Waals surface area contributed by atoms with E-state index in [2.05, 4.69) is 17.1 Å². The van der Waals surface area contributed by atoms with Gasteiger partial charge in [-0.05, 0) is 61.1 Å². The van der Waals surface area contributed by atoms with Crippen LogP contribution in [0.25, 0.3) is 11.5 Å². The van der Waals surface area contributed by atoms with Crippen molar-refractivity contribution in [2.24, 2.45) is 5.92 Å². The van der Waals surface area contributed by atoms with E-state index < -0.39 is 0 Å². The number of carbonyl (C=O) groups is 1.